The Hall–Kier alpha value is -0.390. The summed E-state index contributed by atoms with van der Waals surface area (Å²) in [7, 11) is -2.93. The number of hydrogen-bond donors (Lipinski definition) is 1. The van der Waals surface area contributed by atoms with Crippen molar-refractivity contribution < 1.29 is 13.5 Å². The number of sulfone groups is 1. The smallest absolute Gasteiger partial charge is 0.147 e. The predicted molar refractivity (Wildman–Crippen MR) is 67.6 cm³/mol. The molecule has 0 aliphatic rings. The maximum Gasteiger partial charge on any atom is 0.147 e. The van der Waals surface area contributed by atoms with Gasteiger partial charge in [-0.2, -0.15) is 0 Å². The molecule has 1 unspecified atom stereocenters. The summed E-state index contributed by atoms with van der Waals surface area (Å²) in [6, 6.07) is 3.87. The van der Waals surface area contributed by atoms with Gasteiger partial charge in [0.2, 0.25) is 0 Å². The first-order chi connectivity index (χ1) is 7.21. The third-order valence-electron chi connectivity index (χ3n) is 2.45. The largest absolute Gasteiger partial charge is 0.385 e. The highest BCUT2D eigenvalue weighted by Crippen LogP contribution is 2.31. The highest BCUT2D eigenvalue weighted by atomic mass is 32.2. The molecular formula is C11H18O3S2. The van der Waals surface area contributed by atoms with Gasteiger partial charge in [-0.15, -0.1) is 11.3 Å². The number of thiophene rings is 1. The van der Waals surface area contributed by atoms with Crippen LogP contribution in [0.3, 0.4) is 0 Å². The van der Waals surface area contributed by atoms with Crippen molar-refractivity contribution >= 4 is 21.2 Å². The molecule has 0 aromatic carbocycles. The summed E-state index contributed by atoms with van der Waals surface area (Å²) >= 11 is 1.55. The van der Waals surface area contributed by atoms with E-state index in [-0.39, 0.29) is 5.75 Å². The van der Waals surface area contributed by atoms with Gasteiger partial charge >= 0.3 is 0 Å². The van der Waals surface area contributed by atoms with Crippen LogP contribution in [0.25, 0.3) is 0 Å². The van der Waals surface area contributed by atoms with E-state index in [4.69, 9.17) is 0 Å². The standard InChI is InChI=1S/C11H18O3S2/c1-9-5-6-10(15-9)11(2,12)7-4-8-16(3,13)14/h5-6,12H,4,7-8H2,1-3H3. The normalized spacial score (nSPS) is 16.0. The highest BCUT2D eigenvalue weighted by Gasteiger charge is 2.24. The second-order valence-corrected chi connectivity index (χ2v) is 7.97. The Morgan fingerprint density at radius 2 is 2.06 bits per heavy atom. The Morgan fingerprint density at radius 1 is 1.44 bits per heavy atom. The van der Waals surface area contributed by atoms with Gasteiger partial charge in [0.1, 0.15) is 9.84 Å². The van der Waals surface area contributed by atoms with Crippen molar-refractivity contribution in [1.82, 2.24) is 0 Å². The fourth-order valence-corrected chi connectivity index (χ4v) is 3.14. The van der Waals surface area contributed by atoms with E-state index < -0.39 is 15.4 Å². The van der Waals surface area contributed by atoms with Crippen LogP contribution < -0.4 is 0 Å². The van der Waals surface area contributed by atoms with Crippen molar-refractivity contribution in [1.29, 1.82) is 0 Å². The molecule has 3 nitrogen and oxygen atoms in total. The van der Waals surface area contributed by atoms with E-state index in [9.17, 15) is 13.5 Å². The van der Waals surface area contributed by atoms with Gasteiger partial charge in [-0.3, -0.25) is 0 Å². The van der Waals surface area contributed by atoms with Gasteiger partial charge < -0.3 is 5.11 Å². The zero-order valence-electron chi connectivity index (χ0n) is 9.86. The minimum absolute atomic E-state index is 0.132. The van der Waals surface area contributed by atoms with Crippen LogP contribution in [0.5, 0.6) is 0 Å². The minimum atomic E-state index is -2.93. The molecule has 0 amide bonds. The molecule has 0 bridgehead atoms. The molecule has 0 fully saturated rings. The van der Waals surface area contributed by atoms with Gasteiger partial charge in [-0.1, -0.05) is 0 Å². The number of aryl methyl sites for hydroxylation is 1. The van der Waals surface area contributed by atoms with Gasteiger partial charge in [0.05, 0.1) is 5.60 Å². The first kappa shape index (κ1) is 13.7. The van der Waals surface area contributed by atoms with Crippen LogP contribution in [0.1, 0.15) is 29.5 Å². The van der Waals surface area contributed by atoms with Crippen LogP contribution in [0.15, 0.2) is 12.1 Å². The van der Waals surface area contributed by atoms with Gasteiger partial charge in [0, 0.05) is 21.8 Å². The lowest BCUT2D eigenvalue weighted by molar-refractivity contribution is 0.0510. The van der Waals surface area contributed by atoms with Crippen LogP contribution in [0.2, 0.25) is 0 Å². The number of hydrogen-bond acceptors (Lipinski definition) is 4. The second kappa shape index (κ2) is 4.85. The van der Waals surface area contributed by atoms with Gasteiger partial charge in [0.25, 0.3) is 0 Å². The molecular weight excluding hydrogens is 244 g/mol. The maximum absolute atomic E-state index is 11.0. The molecule has 0 saturated heterocycles. The lowest BCUT2D eigenvalue weighted by Gasteiger charge is -2.21. The molecule has 16 heavy (non-hydrogen) atoms. The molecule has 1 atom stereocenters. The van der Waals surface area contributed by atoms with Crippen LogP contribution in [0, 0.1) is 6.92 Å². The Morgan fingerprint density at radius 3 is 2.50 bits per heavy atom. The van der Waals surface area contributed by atoms with Crippen LogP contribution in [-0.2, 0) is 15.4 Å². The van der Waals surface area contributed by atoms with Gasteiger partial charge in [-0.25, -0.2) is 8.42 Å². The molecule has 0 spiro atoms. The molecule has 92 valence electrons. The Kier molecular flexibility index (Phi) is 4.15. The third-order valence-corrected chi connectivity index (χ3v) is 4.73. The summed E-state index contributed by atoms with van der Waals surface area (Å²) in [6.45, 7) is 3.72. The molecule has 0 aliphatic heterocycles. The topological polar surface area (TPSA) is 54.4 Å². The van der Waals surface area contributed by atoms with E-state index in [1.54, 1.807) is 18.3 Å². The maximum atomic E-state index is 11.0. The second-order valence-electron chi connectivity index (χ2n) is 4.42. The zero-order valence-corrected chi connectivity index (χ0v) is 11.5. The van der Waals surface area contributed by atoms with Crippen LogP contribution in [-0.4, -0.2) is 25.5 Å². The molecule has 5 heteroatoms. The van der Waals surface area contributed by atoms with E-state index in [1.165, 1.54) is 6.26 Å². The molecule has 0 saturated carbocycles. The van der Waals surface area contributed by atoms with Gasteiger partial charge in [-0.05, 0) is 38.8 Å². The van der Waals surface area contributed by atoms with Crippen molar-refractivity contribution in [3.63, 3.8) is 0 Å². The third kappa shape index (κ3) is 4.23. The highest BCUT2D eigenvalue weighted by molar-refractivity contribution is 7.90. The molecule has 0 aliphatic carbocycles. The molecule has 1 N–H and O–H groups in total. The first-order valence-corrected chi connectivity index (χ1v) is 8.05. The summed E-state index contributed by atoms with van der Waals surface area (Å²) in [5.74, 6) is 0.132. The van der Waals surface area contributed by atoms with Crippen LogP contribution >= 0.6 is 11.3 Å². The fourth-order valence-electron chi connectivity index (χ4n) is 1.53. The summed E-state index contributed by atoms with van der Waals surface area (Å²) in [5.41, 5.74) is -0.913. The molecule has 1 rings (SSSR count). The quantitative estimate of drug-likeness (QED) is 0.884. The van der Waals surface area contributed by atoms with Crippen molar-refractivity contribution in [2.75, 3.05) is 12.0 Å². The van der Waals surface area contributed by atoms with E-state index in [2.05, 4.69) is 0 Å². The predicted octanol–water partition coefficient (Wildman–Crippen LogP) is 2.09. The fraction of sp³-hybridized carbons (Fsp3) is 0.636. The summed E-state index contributed by atoms with van der Waals surface area (Å²) in [4.78, 5) is 2.05. The number of rotatable bonds is 5. The Bertz CT molecular complexity index is 444. The monoisotopic (exact) mass is 262 g/mol. The zero-order chi connectivity index (χ0) is 12.4. The van der Waals surface area contributed by atoms with Crippen molar-refractivity contribution in [2.45, 2.75) is 32.3 Å². The Balaban J connectivity index is 2.59. The average Bonchev–Trinajstić information content (AvgIpc) is 2.49. The summed E-state index contributed by atoms with van der Waals surface area (Å²) < 4.78 is 22.0. The Labute approximate surface area is 101 Å². The van der Waals surface area contributed by atoms with E-state index in [0.29, 0.717) is 12.8 Å². The molecule has 0 radical (unpaired) electrons. The minimum Gasteiger partial charge on any atom is -0.385 e. The van der Waals surface area contributed by atoms with E-state index in [0.717, 1.165) is 9.75 Å². The summed E-state index contributed by atoms with van der Waals surface area (Å²) in [6.07, 6.45) is 2.18. The summed E-state index contributed by atoms with van der Waals surface area (Å²) in [5, 5.41) is 10.2. The van der Waals surface area contributed by atoms with Crippen molar-refractivity contribution in [3.8, 4) is 0 Å². The van der Waals surface area contributed by atoms with Crippen molar-refractivity contribution in [3.05, 3.63) is 21.9 Å². The molecule has 1 aromatic rings. The van der Waals surface area contributed by atoms with Gasteiger partial charge in [0.15, 0.2) is 0 Å². The average molecular weight is 262 g/mol. The SMILES string of the molecule is Cc1ccc(C(C)(O)CCCS(C)(=O)=O)s1. The van der Waals surface area contributed by atoms with Crippen molar-refractivity contribution in [2.24, 2.45) is 0 Å². The molecule has 1 aromatic heterocycles. The molecule has 1 heterocycles. The first-order valence-electron chi connectivity index (χ1n) is 5.18. The number of aliphatic hydroxyl groups is 1. The van der Waals surface area contributed by atoms with E-state index >= 15 is 0 Å². The lowest BCUT2D eigenvalue weighted by Crippen LogP contribution is -2.20. The van der Waals surface area contributed by atoms with Crippen LogP contribution in [0.4, 0.5) is 0 Å². The van der Waals surface area contributed by atoms with E-state index in [1.807, 2.05) is 19.1 Å². The lowest BCUT2D eigenvalue weighted by atomic mass is 9.99.